The quantitative estimate of drug-likeness (QED) is 0.318. The summed E-state index contributed by atoms with van der Waals surface area (Å²) in [5, 5.41) is 9.55. The second kappa shape index (κ2) is 10.4. The van der Waals surface area contributed by atoms with E-state index in [4.69, 9.17) is 0 Å². The fourth-order valence-corrected chi connectivity index (χ4v) is 7.51. The Balaban J connectivity index is 0.000000556. The summed E-state index contributed by atoms with van der Waals surface area (Å²) in [5.74, 6) is 4.15. The molecule has 4 rings (SSSR count). The molecule has 0 aromatic heterocycles. The topological polar surface area (TPSA) is 23.8 Å². The third-order valence-corrected chi connectivity index (χ3v) is 8.74. The molecule has 4 saturated carbocycles. The van der Waals surface area contributed by atoms with Crippen LogP contribution in [0.2, 0.25) is 0 Å². The molecular weight excluding hydrogens is 326 g/mol. The summed E-state index contributed by atoms with van der Waals surface area (Å²) >= 11 is 0. The van der Waals surface area contributed by atoms with E-state index in [0.717, 1.165) is 23.7 Å². The summed E-state index contributed by atoms with van der Waals surface area (Å²) in [4.78, 5) is 0. The highest BCUT2D eigenvalue weighted by molar-refractivity contribution is 5.12. The molecule has 0 amide bonds. The number of hydrogen-bond acceptors (Lipinski definition) is 1. The van der Waals surface area contributed by atoms with E-state index in [2.05, 4.69) is 45.9 Å². The number of hydrogen-bond donors (Lipinski definition) is 0. The second-order valence-corrected chi connectivity index (χ2v) is 9.21. The van der Waals surface area contributed by atoms with Gasteiger partial charge in [0.25, 0.3) is 0 Å². The van der Waals surface area contributed by atoms with Crippen LogP contribution in [-0.2, 0) is 0 Å². The van der Waals surface area contributed by atoms with Crippen molar-refractivity contribution in [1.82, 2.24) is 0 Å². The molecule has 0 radical (unpaired) electrons. The van der Waals surface area contributed by atoms with Gasteiger partial charge in [0.1, 0.15) is 0 Å². The fraction of sp³-hybridized carbons (Fsp3) is 0.808. The first-order valence-electron chi connectivity index (χ1n) is 11.3. The number of terminal acetylenes is 1. The Labute approximate surface area is 170 Å². The molecule has 1 nitrogen and oxygen atoms in total. The van der Waals surface area contributed by atoms with Crippen LogP contribution in [0.15, 0.2) is 13.2 Å². The second-order valence-electron chi connectivity index (χ2n) is 9.21. The van der Waals surface area contributed by atoms with Crippen LogP contribution in [0, 0.1) is 64.6 Å². The first-order valence-corrected chi connectivity index (χ1v) is 11.3. The number of fused-ring (bicyclic) bond motifs is 5. The predicted octanol–water partition coefficient (Wildman–Crippen LogP) is 7.64. The van der Waals surface area contributed by atoms with Gasteiger partial charge in [0.2, 0.25) is 0 Å². The van der Waals surface area contributed by atoms with Crippen molar-refractivity contribution in [2.75, 3.05) is 0 Å². The Morgan fingerprint density at radius 3 is 2.07 bits per heavy atom. The van der Waals surface area contributed by atoms with Gasteiger partial charge < -0.3 is 0 Å². The molecule has 0 heterocycles. The molecule has 7 atom stereocenters. The predicted molar refractivity (Wildman–Crippen MR) is 118 cm³/mol. The van der Waals surface area contributed by atoms with Crippen LogP contribution in [-0.4, -0.2) is 0 Å². The minimum atomic E-state index is 0.348. The van der Waals surface area contributed by atoms with Crippen molar-refractivity contribution in [3.05, 3.63) is 13.2 Å². The molecule has 7 unspecified atom stereocenters. The van der Waals surface area contributed by atoms with Gasteiger partial charge in [-0.15, -0.1) is 26.0 Å². The average Bonchev–Trinajstić information content (AvgIpc) is 3.08. The van der Waals surface area contributed by atoms with E-state index in [9.17, 15) is 5.26 Å². The molecule has 0 aromatic rings. The zero-order valence-corrected chi connectivity index (χ0v) is 18.5. The van der Waals surface area contributed by atoms with Crippen molar-refractivity contribution in [2.24, 2.45) is 40.4 Å². The van der Waals surface area contributed by atoms with Gasteiger partial charge in [-0.25, -0.2) is 0 Å². The molecule has 0 N–H and O–H groups in total. The van der Waals surface area contributed by atoms with Crippen LogP contribution in [0.25, 0.3) is 0 Å². The molecule has 0 bridgehead atoms. The molecular formula is C26H43N. The van der Waals surface area contributed by atoms with Crippen molar-refractivity contribution >= 4 is 0 Å². The molecule has 0 aromatic carbocycles. The monoisotopic (exact) mass is 369 g/mol. The smallest absolute Gasteiger partial charge is 0.0661 e. The van der Waals surface area contributed by atoms with Gasteiger partial charge in [-0.2, -0.15) is 5.26 Å². The summed E-state index contributed by atoms with van der Waals surface area (Å²) in [5.41, 5.74) is 1.00. The molecule has 0 spiro atoms. The van der Waals surface area contributed by atoms with E-state index in [-0.39, 0.29) is 0 Å². The van der Waals surface area contributed by atoms with Crippen LogP contribution in [0.4, 0.5) is 0 Å². The number of nitrogens with zero attached hydrogens (tertiary/aromatic N) is 1. The Kier molecular flexibility index (Phi) is 9.15. The SMILES string of the molecule is C#C.C=C.CC.CC12CCC3C(CCC4CCCCC43C)C1CCC2C#N. The van der Waals surface area contributed by atoms with E-state index in [1.54, 1.807) is 0 Å². The molecule has 4 aliphatic rings. The number of rotatable bonds is 0. The zero-order chi connectivity index (χ0) is 20.7. The highest BCUT2D eigenvalue weighted by Gasteiger charge is 2.59. The Bertz CT molecular complexity index is 514. The minimum absolute atomic E-state index is 0.348. The Morgan fingerprint density at radius 2 is 1.44 bits per heavy atom. The lowest BCUT2D eigenvalue weighted by Crippen LogP contribution is -2.52. The first kappa shape index (κ1) is 23.8. The molecule has 4 fully saturated rings. The Hall–Kier alpha value is -1.21. The van der Waals surface area contributed by atoms with Crippen LogP contribution in [0.3, 0.4) is 0 Å². The van der Waals surface area contributed by atoms with Crippen molar-refractivity contribution in [1.29, 1.82) is 5.26 Å². The Morgan fingerprint density at radius 1 is 0.815 bits per heavy atom. The molecule has 1 heteroatoms. The molecule has 4 aliphatic carbocycles. The van der Waals surface area contributed by atoms with Gasteiger partial charge in [-0.05, 0) is 85.9 Å². The summed E-state index contributed by atoms with van der Waals surface area (Å²) in [6, 6.07) is 2.66. The maximum Gasteiger partial charge on any atom is 0.0661 e. The van der Waals surface area contributed by atoms with Crippen LogP contribution in [0.5, 0.6) is 0 Å². The van der Waals surface area contributed by atoms with E-state index in [1.807, 2.05) is 13.8 Å². The lowest BCUT2D eigenvalue weighted by molar-refractivity contribution is -0.107. The average molecular weight is 370 g/mol. The van der Waals surface area contributed by atoms with Gasteiger partial charge in [0.05, 0.1) is 12.0 Å². The lowest BCUT2D eigenvalue weighted by atomic mass is 9.45. The van der Waals surface area contributed by atoms with E-state index in [1.165, 1.54) is 64.2 Å². The summed E-state index contributed by atoms with van der Waals surface area (Å²) in [6.45, 7) is 15.1. The number of nitriles is 1. The summed E-state index contributed by atoms with van der Waals surface area (Å²) in [7, 11) is 0. The highest BCUT2D eigenvalue weighted by Crippen LogP contribution is 2.67. The molecule has 0 saturated heterocycles. The van der Waals surface area contributed by atoms with E-state index < -0.39 is 0 Å². The van der Waals surface area contributed by atoms with Gasteiger partial charge in [-0.3, -0.25) is 0 Å². The zero-order valence-electron chi connectivity index (χ0n) is 18.5. The lowest BCUT2D eigenvalue weighted by Gasteiger charge is -2.60. The van der Waals surface area contributed by atoms with Crippen LogP contribution >= 0.6 is 0 Å². The standard InChI is InChI=1S/C20H31N.C2H6.C2H4.C2H2/c1-19-11-4-3-5-14(19)6-8-16-17-9-7-15(13-21)20(17,2)12-10-18(16)19;3*1-2/h14-18H,3-12H2,1-2H3;1-2H3;1-2H2;1-2H. The van der Waals surface area contributed by atoms with Crippen LogP contribution in [0.1, 0.15) is 91.9 Å². The van der Waals surface area contributed by atoms with Crippen molar-refractivity contribution in [2.45, 2.75) is 91.9 Å². The van der Waals surface area contributed by atoms with E-state index >= 15 is 0 Å². The van der Waals surface area contributed by atoms with Gasteiger partial charge in [0, 0.05) is 0 Å². The molecule has 152 valence electrons. The highest BCUT2D eigenvalue weighted by atomic mass is 14.6. The maximum atomic E-state index is 9.55. The maximum absolute atomic E-state index is 9.55. The first-order chi connectivity index (χ1) is 13.1. The molecule has 0 aliphatic heterocycles. The van der Waals surface area contributed by atoms with Crippen molar-refractivity contribution in [3.8, 4) is 18.9 Å². The van der Waals surface area contributed by atoms with Gasteiger partial charge in [-0.1, -0.05) is 40.5 Å². The van der Waals surface area contributed by atoms with E-state index in [0.29, 0.717) is 16.7 Å². The van der Waals surface area contributed by atoms with Crippen LogP contribution < -0.4 is 0 Å². The minimum Gasteiger partial charge on any atom is -0.198 e. The van der Waals surface area contributed by atoms with Gasteiger partial charge in [0.15, 0.2) is 0 Å². The summed E-state index contributed by atoms with van der Waals surface area (Å²) in [6.07, 6.45) is 22.2. The largest absolute Gasteiger partial charge is 0.198 e. The third kappa shape index (κ3) is 3.99. The van der Waals surface area contributed by atoms with Crippen molar-refractivity contribution < 1.29 is 0 Å². The summed E-state index contributed by atoms with van der Waals surface area (Å²) < 4.78 is 0. The van der Waals surface area contributed by atoms with Gasteiger partial charge >= 0.3 is 0 Å². The normalized spacial score (nSPS) is 44.0. The molecule has 27 heavy (non-hydrogen) atoms. The fourth-order valence-electron chi connectivity index (χ4n) is 7.51. The third-order valence-electron chi connectivity index (χ3n) is 8.74. The van der Waals surface area contributed by atoms with Crippen molar-refractivity contribution in [3.63, 3.8) is 0 Å².